The summed E-state index contributed by atoms with van der Waals surface area (Å²) in [6.07, 6.45) is 0.282. The Hall–Kier alpha value is -1.78. The highest BCUT2D eigenvalue weighted by Gasteiger charge is 2.15. The van der Waals surface area contributed by atoms with Crippen LogP contribution >= 0.6 is 11.3 Å². The van der Waals surface area contributed by atoms with Gasteiger partial charge in [0.05, 0.1) is 0 Å². The minimum absolute atomic E-state index is 0.282. The van der Waals surface area contributed by atoms with Gasteiger partial charge in [-0.05, 0) is 40.4 Å². The van der Waals surface area contributed by atoms with E-state index < -0.39 is 11.6 Å². The summed E-state index contributed by atoms with van der Waals surface area (Å²) < 4.78 is 28.1. The molecule has 3 aromatic rings. The number of benzene rings is 2. The fraction of sp³-hybridized carbons (Fsp3) is 0.125. The van der Waals surface area contributed by atoms with Gasteiger partial charge in [0.2, 0.25) is 0 Å². The molecule has 1 atom stereocenters. The van der Waals surface area contributed by atoms with Gasteiger partial charge in [-0.1, -0.05) is 30.3 Å². The van der Waals surface area contributed by atoms with Crippen LogP contribution in [0.3, 0.4) is 0 Å². The largest absolute Gasteiger partial charge is 0.324 e. The molecule has 1 unspecified atom stereocenters. The molecule has 1 aromatic heterocycles. The van der Waals surface area contributed by atoms with E-state index in [1.807, 2.05) is 29.6 Å². The van der Waals surface area contributed by atoms with Crippen LogP contribution in [-0.2, 0) is 6.42 Å². The lowest BCUT2D eigenvalue weighted by atomic mass is 9.99. The van der Waals surface area contributed by atoms with Crippen molar-refractivity contribution in [2.24, 2.45) is 5.73 Å². The van der Waals surface area contributed by atoms with Crippen LogP contribution in [0.1, 0.15) is 17.2 Å². The second-order valence-electron chi connectivity index (χ2n) is 4.71. The van der Waals surface area contributed by atoms with Crippen molar-refractivity contribution in [1.29, 1.82) is 0 Å². The summed E-state index contributed by atoms with van der Waals surface area (Å²) in [5, 5.41) is 3.08. The summed E-state index contributed by atoms with van der Waals surface area (Å²) in [4.78, 5) is 0. The van der Waals surface area contributed by atoms with Crippen molar-refractivity contribution in [3.63, 3.8) is 0 Å². The third kappa shape index (κ3) is 2.32. The predicted molar refractivity (Wildman–Crippen MR) is 78.8 cm³/mol. The standard InChI is InChI=1S/C16H13F2NS/c17-13-6-3-4-10(16(13)18)8-14(19)12-9-20-15-7-2-1-5-11(12)15/h1-7,9,14H,8,19H2. The van der Waals surface area contributed by atoms with Gasteiger partial charge in [-0.2, -0.15) is 0 Å². The molecule has 0 spiro atoms. The molecule has 0 fully saturated rings. The molecule has 1 nitrogen and oxygen atoms in total. The Morgan fingerprint density at radius 1 is 1.05 bits per heavy atom. The molecule has 4 heteroatoms. The first-order valence-corrected chi connectivity index (χ1v) is 7.19. The summed E-state index contributed by atoms with van der Waals surface area (Å²) in [7, 11) is 0. The summed E-state index contributed by atoms with van der Waals surface area (Å²) in [5.74, 6) is -1.63. The highest BCUT2D eigenvalue weighted by molar-refractivity contribution is 7.17. The molecule has 0 bridgehead atoms. The van der Waals surface area contributed by atoms with Crippen LogP contribution in [0.2, 0.25) is 0 Å². The molecule has 0 aliphatic rings. The Bertz CT molecular complexity index is 751. The van der Waals surface area contributed by atoms with E-state index in [0.717, 1.165) is 21.7 Å². The maximum Gasteiger partial charge on any atom is 0.162 e. The molecule has 3 rings (SSSR count). The SMILES string of the molecule is NC(Cc1cccc(F)c1F)c1csc2ccccc12. The minimum atomic E-state index is -0.829. The van der Waals surface area contributed by atoms with Crippen LogP contribution in [0.15, 0.2) is 47.8 Å². The van der Waals surface area contributed by atoms with E-state index in [2.05, 4.69) is 0 Å². The Balaban J connectivity index is 1.93. The first-order chi connectivity index (χ1) is 9.66. The van der Waals surface area contributed by atoms with Gasteiger partial charge in [0.25, 0.3) is 0 Å². The number of fused-ring (bicyclic) bond motifs is 1. The molecule has 0 saturated heterocycles. The van der Waals surface area contributed by atoms with E-state index in [9.17, 15) is 8.78 Å². The Morgan fingerprint density at radius 3 is 2.70 bits per heavy atom. The van der Waals surface area contributed by atoms with E-state index in [0.29, 0.717) is 5.56 Å². The second kappa shape index (κ2) is 5.31. The van der Waals surface area contributed by atoms with Crippen molar-refractivity contribution < 1.29 is 8.78 Å². The second-order valence-corrected chi connectivity index (χ2v) is 5.62. The van der Waals surface area contributed by atoms with E-state index in [-0.39, 0.29) is 12.5 Å². The molecule has 0 saturated carbocycles. The lowest BCUT2D eigenvalue weighted by Gasteiger charge is -2.12. The van der Waals surface area contributed by atoms with Crippen LogP contribution in [-0.4, -0.2) is 0 Å². The van der Waals surface area contributed by atoms with Gasteiger partial charge in [0, 0.05) is 10.7 Å². The zero-order valence-corrected chi connectivity index (χ0v) is 11.5. The van der Waals surface area contributed by atoms with Crippen LogP contribution in [0.4, 0.5) is 8.78 Å². The van der Waals surface area contributed by atoms with Crippen molar-refractivity contribution in [3.05, 3.63) is 70.6 Å². The lowest BCUT2D eigenvalue weighted by Crippen LogP contribution is -2.14. The third-order valence-corrected chi connectivity index (χ3v) is 4.36. The van der Waals surface area contributed by atoms with Gasteiger partial charge in [-0.15, -0.1) is 11.3 Å². The van der Waals surface area contributed by atoms with Crippen molar-refractivity contribution in [2.45, 2.75) is 12.5 Å². The average molecular weight is 289 g/mol. The van der Waals surface area contributed by atoms with Crippen LogP contribution in [0.5, 0.6) is 0 Å². The maximum atomic E-state index is 13.7. The monoisotopic (exact) mass is 289 g/mol. The quantitative estimate of drug-likeness (QED) is 0.758. The van der Waals surface area contributed by atoms with E-state index in [1.54, 1.807) is 17.4 Å². The highest BCUT2D eigenvalue weighted by Crippen LogP contribution is 2.31. The molecule has 1 heterocycles. The highest BCUT2D eigenvalue weighted by atomic mass is 32.1. The van der Waals surface area contributed by atoms with Gasteiger partial charge in [-0.25, -0.2) is 8.78 Å². The van der Waals surface area contributed by atoms with Crippen molar-refractivity contribution in [2.75, 3.05) is 0 Å². The smallest absolute Gasteiger partial charge is 0.162 e. The molecule has 0 aliphatic carbocycles. The molecule has 0 aliphatic heterocycles. The predicted octanol–water partition coefficient (Wildman–Crippen LogP) is 4.42. The summed E-state index contributed by atoms with van der Waals surface area (Å²) in [6, 6.07) is 11.8. The Morgan fingerprint density at radius 2 is 1.85 bits per heavy atom. The molecule has 0 radical (unpaired) electrons. The lowest BCUT2D eigenvalue weighted by molar-refractivity contribution is 0.494. The summed E-state index contributed by atoms with van der Waals surface area (Å²) in [5.41, 5.74) is 7.47. The topological polar surface area (TPSA) is 26.0 Å². The van der Waals surface area contributed by atoms with E-state index >= 15 is 0 Å². The molecule has 20 heavy (non-hydrogen) atoms. The zero-order valence-electron chi connectivity index (χ0n) is 10.6. The zero-order chi connectivity index (χ0) is 14.1. The van der Waals surface area contributed by atoms with Crippen LogP contribution in [0.25, 0.3) is 10.1 Å². The van der Waals surface area contributed by atoms with Gasteiger partial charge in [-0.3, -0.25) is 0 Å². The van der Waals surface area contributed by atoms with Gasteiger partial charge >= 0.3 is 0 Å². The van der Waals surface area contributed by atoms with Gasteiger partial charge in [0.15, 0.2) is 11.6 Å². The maximum absolute atomic E-state index is 13.7. The molecule has 0 amide bonds. The minimum Gasteiger partial charge on any atom is -0.324 e. The summed E-state index contributed by atoms with van der Waals surface area (Å²) in [6.45, 7) is 0. The van der Waals surface area contributed by atoms with Crippen molar-refractivity contribution in [3.8, 4) is 0 Å². The van der Waals surface area contributed by atoms with E-state index in [4.69, 9.17) is 5.73 Å². The molecular formula is C16H13F2NS. The molecule has 102 valence electrons. The Kier molecular flexibility index (Phi) is 3.51. The molecule has 2 N–H and O–H groups in total. The number of hydrogen-bond acceptors (Lipinski definition) is 2. The first kappa shape index (κ1) is 13.2. The number of halogens is 2. The fourth-order valence-electron chi connectivity index (χ4n) is 2.34. The molecular weight excluding hydrogens is 276 g/mol. The van der Waals surface area contributed by atoms with Crippen LogP contribution in [0, 0.1) is 11.6 Å². The summed E-state index contributed by atoms with van der Waals surface area (Å²) >= 11 is 1.61. The number of thiophene rings is 1. The first-order valence-electron chi connectivity index (χ1n) is 6.31. The number of nitrogens with two attached hydrogens (primary N) is 1. The fourth-order valence-corrected chi connectivity index (χ4v) is 3.36. The normalized spacial score (nSPS) is 12.8. The third-order valence-electron chi connectivity index (χ3n) is 3.38. The number of rotatable bonds is 3. The van der Waals surface area contributed by atoms with Gasteiger partial charge in [0.1, 0.15) is 0 Å². The molecule has 2 aromatic carbocycles. The van der Waals surface area contributed by atoms with Gasteiger partial charge < -0.3 is 5.73 Å². The van der Waals surface area contributed by atoms with Crippen LogP contribution < -0.4 is 5.73 Å². The Labute approximate surface area is 119 Å². The van der Waals surface area contributed by atoms with Crippen molar-refractivity contribution >= 4 is 21.4 Å². The van der Waals surface area contributed by atoms with Crippen molar-refractivity contribution in [1.82, 2.24) is 0 Å². The van der Waals surface area contributed by atoms with E-state index in [1.165, 1.54) is 6.07 Å². The average Bonchev–Trinajstić information content (AvgIpc) is 2.88. The number of hydrogen-bond donors (Lipinski definition) is 1.